The second kappa shape index (κ2) is 10.4. The highest BCUT2D eigenvalue weighted by atomic mass is 79.9. The normalized spacial score (nSPS) is 14.9. The Morgan fingerprint density at radius 2 is 1.78 bits per heavy atom. The Morgan fingerprint density at radius 1 is 1.00 bits per heavy atom. The van der Waals surface area contributed by atoms with Gasteiger partial charge in [0, 0.05) is 11.0 Å². The van der Waals surface area contributed by atoms with Crippen LogP contribution in [0.25, 0.3) is 11.0 Å². The second-order valence-electron chi connectivity index (χ2n) is 9.58. The molecule has 0 radical (unpaired) electrons. The van der Waals surface area contributed by atoms with Crippen LogP contribution in [-0.4, -0.2) is 24.5 Å². The summed E-state index contributed by atoms with van der Waals surface area (Å²) in [5.41, 5.74) is 2.20. The minimum Gasteiger partial charge on any atom is -0.493 e. The van der Waals surface area contributed by atoms with Crippen molar-refractivity contribution in [1.82, 2.24) is 4.90 Å². The van der Waals surface area contributed by atoms with E-state index in [-0.39, 0.29) is 17.1 Å². The number of nitrogens with zero attached hydrogens (tertiary/aromatic N) is 1. The number of carbonyl (C=O) groups excluding carboxylic acids is 1. The van der Waals surface area contributed by atoms with Gasteiger partial charge < -0.3 is 18.8 Å². The number of fused-ring (bicyclic) bond motifs is 2. The fourth-order valence-corrected chi connectivity index (χ4v) is 5.02. The molecule has 2 heterocycles. The van der Waals surface area contributed by atoms with Crippen molar-refractivity contribution in [1.29, 1.82) is 0 Å². The molecule has 0 spiro atoms. The van der Waals surface area contributed by atoms with E-state index < -0.39 is 6.04 Å². The third-order valence-corrected chi connectivity index (χ3v) is 7.07. The Morgan fingerprint density at radius 3 is 2.51 bits per heavy atom. The minimum atomic E-state index is -0.638. The Balaban J connectivity index is 1.64. The summed E-state index contributed by atoms with van der Waals surface area (Å²) in [5.74, 6) is 1.46. The lowest BCUT2D eigenvalue weighted by Gasteiger charge is -2.26. The van der Waals surface area contributed by atoms with E-state index >= 15 is 0 Å². The van der Waals surface area contributed by atoms with Crippen LogP contribution >= 0.6 is 15.9 Å². The van der Waals surface area contributed by atoms with E-state index in [1.54, 1.807) is 30.2 Å². The molecular weight excluding hydrogens is 534 g/mol. The molecule has 0 aliphatic carbocycles. The van der Waals surface area contributed by atoms with E-state index in [0.29, 0.717) is 47.1 Å². The molecule has 0 fully saturated rings. The molecule has 7 heteroatoms. The zero-order valence-electron chi connectivity index (χ0n) is 21.0. The highest BCUT2D eigenvalue weighted by Gasteiger charge is 2.43. The lowest BCUT2D eigenvalue weighted by Crippen LogP contribution is -2.29. The number of amides is 1. The summed E-state index contributed by atoms with van der Waals surface area (Å²) >= 11 is 3.44. The number of hydrogen-bond acceptors (Lipinski definition) is 5. The first-order valence-electron chi connectivity index (χ1n) is 12.3. The molecule has 0 bridgehead atoms. The van der Waals surface area contributed by atoms with Gasteiger partial charge in [0.1, 0.15) is 5.58 Å². The molecule has 1 amide bonds. The number of rotatable bonds is 8. The van der Waals surface area contributed by atoms with Gasteiger partial charge in [-0.05, 0) is 53.8 Å². The molecule has 190 valence electrons. The van der Waals surface area contributed by atoms with Crippen LogP contribution in [0.1, 0.15) is 53.6 Å². The van der Waals surface area contributed by atoms with Gasteiger partial charge in [0.15, 0.2) is 16.9 Å². The molecule has 37 heavy (non-hydrogen) atoms. The van der Waals surface area contributed by atoms with Crippen LogP contribution in [0.15, 0.2) is 80.4 Å². The molecule has 1 aromatic heterocycles. The molecule has 1 atom stereocenters. The van der Waals surface area contributed by atoms with Crippen molar-refractivity contribution in [2.24, 2.45) is 5.92 Å². The van der Waals surface area contributed by atoms with Gasteiger partial charge in [-0.15, -0.1) is 0 Å². The van der Waals surface area contributed by atoms with E-state index in [0.717, 1.165) is 22.0 Å². The lowest BCUT2D eigenvalue weighted by molar-refractivity contribution is 0.0714. The second-order valence-corrected chi connectivity index (χ2v) is 10.5. The van der Waals surface area contributed by atoms with Crippen LogP contribution in [0.4, 0.5) is 0 Å². The average molecular weight is 562 g/mol. The summed E-state index contributed by atoms with van der Waals surface area (Å²) < 4.78 is 18.4. The number of hydrogen-bond donors (Lipinski definition) is 0. The van der Waals surface area contributed by atoms with Gasteiger partial charge in [0.05, 0.1) is 30.7 Å². The molecule has 0 saturated carbocycles. The lowest BCUT2D eigenvalue weighted by atomic mass is 9.97. The molecular formula is C30H28BrNO5. The van der Waals surface area contributed by atoms with Gasteiger partial charge in [0.2, 0.25) is 5.76 Å². The molecule has 4 aromatic rings. The van der Waals surface area contributed by atoms with Gasteiger partial charge in [-0.3, -0.25) is 9.59 Å². The van der Waals surface area contributed by atoms with Crippen molar-refractivity contribution in [2.75, 3.05) is 13.7 Å². The minimum absolute atomic E-state index is 0.0805. The van der Waals surface area contributed by atoms with Gasteiger partial charge in [-0.1, -0.05) is 66.2 Å². The average Bonchev–Trinajstić information content (AvgIpc) is 3.16. The topological polar surface area (TPSA) is 69.0 Å². The third kappa shape index (κ3) is 4.88. The highest BCUT2D eigenvalue weighted by molar-refractivity contribution is 9.10. The molecule has 5 rings (SSSR count). The largest absolute Gasteiger partial charge is 0.493 e. The smallest absolute Gasteiger partial charge is 0.291 e. The van der Waals surface area contributed by atoms with Gasteiger partial charge >= 0.3 is 0 Å². The Hall–Kier alpha value is -3.58. The zero-order chi connectivity index (χ0) is 26.1. The monoisotopic (exact) mass is 561 g/mol. The van der Waals surface area contributed by atoms with E-state index in [1.807, 2.05) is 48.5 Å². The number of carbonyl (C=O) groups is 1. The molecule has 6 nitrogen and oxygen atoms in total. The summed E-state index contributed by atoms with van der Waals surface area (Å²) in [6.45, 7) is 5.19. The summed E-state index contributed by atoms with van der Waals surface area (Å²) in [6, 6.07) is 19.9. The first-order chi connectivity index (χ1) is 17.9. The quantitative estimate of drug-likeness (QED) is 0.238. The van der Waals surface area contributed by atoms with Crippen molar-refractivity contribution in [3.05, 3.63) is 104 Å². The number of methoxy groups -OCH3 is 1. The van der Waals surface area contributed by atoms with Crippen molar-refractivity contribution in [3.8, 4) is 11.5 Å². The maximum absolute atomic E-state index is 13.8. The van der Waals surface area contributed by atoms with Gasteiger partial charge in [0.25, 0.3) is 5.91 Å². The van der Waals surface area contributed by atoms with Crippen molar-refractivity contribution in [3.63, 3.8) is 0 Å². The van der Waals surface area contributed by atoms with Crippen LogP contribution < -0.4 is 14.9 Å². The van der Waals surface area contributed by atoms with Crippen LogP contribution in [0, 0.1) is 5.92 Å². The van der Waals surface area contributed by atoms with E-state index in [2.05, 4.69) is 29.8 Å². The Labute approximate surface area is 223 Å². The fourth-order valence-electron chi connectivity index (χ4n) is 4.66. The number of ether oxygens (including phenoxy) is 2. The van der Waals surface area contributed by atoms with Gasteiger partial charge in [-0.2, -0.15) is 0 Å². The maximum Gasteiger partial charge on any atom is 0.291 e. The van der Waals surface area contributed by atoms with E-state index in [9.17, 15) is 9.59 Å². The molecule has 1 aliphatic rings. The summed E-state index contributed by atoms with van der Waals surface area (Å²) in [5, 5.41) is 0.424. The maximum atomic E-state index is 13.8. The van der Waals surface area contributed by atoms with Crippen LogP contribution in [0.3, 0.4) is 0 Å². The van der Waals surface area contributed by atoms with E-state index in [4.69, 9.17) is 13.9 Å². The van der Waals surface area contributed by atoms with Gasteiger partial charge in [-0.25, -0.2) is 0 Å². The predicted molar refractivity (Wildman–Crippen MR) is 146 cm³/mol. The van der Waals surface area contributed by atoms with Crippen LogP contribution in [0.2, 0.25) is 0 Å². The molecule has 1 unspecified atom stereocenters. The first-order valence-corrected chi connectivity index (χ1v) is 13.1. The number of halogens is 1. The zero-order valence-corrected chi connectivity index (χ0v) is 22.6. The van der Waals surface area contributed by atoms with Crippen LogP contribution in [0.5, 0.6) is 11.5 Å². The summed E-state index contributed by atoms with van der Waals surface area (Å²) in [6.07, 6.45) is 0.921. The Bertz CT molecular complexity index is 1510. The third-order valence-electron chi connectivity index (χ3n) is 6.58. The van der Waals surface area contributed by atoms with Crippen molar-refractivity contribution >= 4 is 32.8 Å². The number of benzene rings is 3. The summed E-state index contributed by atoms with van der Waals surface area (Å²) in [4.78, 5) is 29.2. The van der Waals surface area contributed by atoms with Crippen molar-refractivity contribution in [2.45, 2.75) is 32.9 Å². The standard InChI is InChI=1S/C30H28BrNO5/c1-18(2)13-14-36-24-11-9-20(15-25(24)35-3)27-26-28(33)22-16-21(31)10-12-23(22)37-29(26)30(34)32(27)17-19-7-5-4-6-8-19/h4-12,15-16,18,27H,13-14,17H2,1-3H3. The summed E-state index contributed by atoms with van der Waals surface area (Å²) in [7, 11) is 1.59. The van der Waals surface area contributed by atoms with Crippen LogP contribution in [-0.2, 0) is 6.54 Å². The fraction of sp³-hybridized carbons (Fsp3) is 0.267. The highest BCUT2D eigenvalue weighted by Crippen LogP contribution is 2.42. The molecule has 0 saturated heterocycles. The predicted octanol–water partition coefficient (Wildman–Crippen LogP) is 6.73. The molecule has 3 aromatic carbocycles. The molecule has 1 aliphatic heterocycles. The Kier molecular flexibility index (Phi) is 7.07. The van der Waals surface area contributed by atoms with Crippen molar-refractivity contribution < 1.29 is 18.7 Å². The van der Waals surface area contributed by atoms with E-state index in [1.165, 1.54) is 0 Å². The SMILES string of the molecule is COc1cc(C2c3c(oc4ccc(Br)cc4c3=O)C(=O)N2Cc2ccccc2)ccc1OCCC(C)C. The first kappa shape index (κ1) is 25.1. The molecule has 0 N–H and O–H groups in total.